The Morgan fingerprint density at radius 2 is 2.04 bits per heavy atom. The third-order valence-electron chi connectivity index (χ3n) is 3.64. The first-order chi connectivity index (χ1) is 11.8. The van der Waals surface area contributed by atoms with Crippen molar-refractivity contribution in [3.63, 3.8) is 0 Å². The number of carbonyl (C=O) groups is 1. The number of rotatable bonds is 4. The number of aryl methyl sites for hydroxylation is 1. The lowest BCUT2D eigenvalue weighted by atomic mass is 10.1. The van der Waals surface area contributed by atoms with Gasteiger partial charge in [-0.15, -0.1) is 11.3 Å². The van der Waals surface area contributed by atoms with Crippen LogP contribution in [-0.4, -0.2) is 21.6 Å². The fourth-order valence-corrected chi connectivity index (χ4v) is 3.47. The number of hydrogen-bond donors (Lipinski definition) is 1. The van der Waals surface area contributed by atoms with Gasteiger partial charge in [-0.25, -0.2) is 9.59 Å². The van der Waals surface area contributed by atoms with Crippen molar-refractivity contribution in [1.29, 1.82) is 0 Å². The zero-order valence-corrected chi connectivity index (χ0v) is 15.0. The lowest BCUT2D eigenvalue weighted by Crippen LogP contribution is -2.34. The zero-order valence-electron chi connectivity index (χ0n) is 14.2. The monoisotopic (exact) mass is 358 g/mol. The second-order valence-electron chi connectivity index (χ2n) is 6.08. The SMILES string of the molecule is Cc1cc2c(=O)n(Cc3cccc(C(=O)OC(C)C)c3)c(=O)[nH]c2s1. The van der Waals surface area contributed by atoms with Gasteiger partial charge in [0.1, 0.15) is 4.83 Å². The fourth-order valence-electron chi connectivity index (χ4n) is 2.57. The summed E-state index contributed by atoms with van der Waals surface area (Å²) in [5.41, 5.74) is 0.271. The van der Waals surface area contributed by atoms with Crippen LogP contribution in [0.3, 0.4) is 0 Å². The Kier molecular flexibility index (Phi) is 4.59. The lowest BCUT2D eigenvalue weighted by Gasteiger charge is -2.09. The molecule has 1 N–H and O–H groups in total. The fraction of sp³-hybridized carbons (Fsp3) is 0.278. The van der Waals surface area contributed by atoms with Gasteiger partial charge in [0.25, 0.3) is 5.56 Å². The summed E-state index contributed by atoms with van der Waals surface area (Å²) in [5, 5.41) is 0.498. The number of thiophene rings is 1. The summed E-state index contributed by atoms with van der Waals surface area (Å²) in [6.07, 6.45) is -0.217. The molecule has 3 rings (SSSR count). The van der Waals surface area contributed by atoms with E-state index in [2.05, 4.69) is 4.98 Å². The van der Waals surface area contributed by atoms with Gasteiger partial charge >= 0.3 is 11.7 Å². The number of esters is 1. The molecule has 130 valence electrons. The maximum Gasteiger partial charge on any atom is 0.338 e. The Morgan fingerprint density at radius 3 is 2.76 bits per heavy atom. The first-order valence-corrected chi connectivity index (χ1v) is 8.70. The average molecular weight is 358 g/mol. The largest absolute Gasteiger partial charge is 0.459 e. The molecule has 0 spiro atoms. The van der Waals surface area contributed by atoms with E-state index in [1.807, 2.05) is 6.92 Å². The molecular formula is C18H18N2O4S. The van der Waals surface area contributed by atoms with Crippen molar-refractivity contribution in [1.82, 2.24) is 9.55 Å². The minimum atomic E-state index is -0.463. The third kappa shape index (κ3) is 3.56. The van der Waals surface area contributed by atoms with Gasteiger partial charge in [0.2, 0.25) is 0 Å². The van der Waals surface area contributed by atoms with Gasteiger partial charge in [0.05, 0.1) is 23.6 Å². The van der Waals surface area contributed by atoms with Crippen molar-refractivity contribution in [2.45, 2.75) is 33.4 Å². The highest BCUT2D eigenvalue weighted by Gasteiger charge is 2.13. The molecule has 2 heterocycles. The smallest absolute Gasteiger partial charge is 0.338 e. The number of aromatic amines is 1. The Morgan fingerprint density at radius 1 is 1.28 bits per heavy atom. The molecule has 0 saturated heterocycles. The van der Waals surface area contributed by atoms with E-state index in [9.17, 15) is 14.4 Å². The van der Waals surface area contributed by atoms with Gasteiger partial charge in [0.15, 0.2) is 0 Å². The highest BCUT2D eigenvalue weighted by Crippen LogP contribution is 2.18. The first-order valence-electron chi connectivity index (χ1n) is 7.88. The number of aromatic nitrogens is 2. The molecule has 0 atom stereocenters. The molecule has 3 aromatic rings. The molecule has 1 aromatic carbocycles. The van der Waals surface area contributed by atoms with Crippen molar-refractivity contribution in [3.8, 4) is 0 Å². The van der Waals surface area contributed by atoms with E-state index in [4.69, 9.17) is 4.74 Å². The summed E-state index contributed by atoms with van der Waals surface area (Å²) in [6.45, 7) is 5.52. The molecular weight excluding hydrogens is 340 g/mol. The Hall–Kier alpha value is -2.67. The number of fused-ring (bicyclic) bond motifs is 1. The topological polar surface area (TPSA) is 81.2 Å². The third-order valence-corrected chi connectivity index (χ3v) is 4.61. The summed E-state index contributed by atoms with van der Waals surface area (Å²) in [4.78, 5) is 41.1. The normalized spacial score (nSPS) is 11.2. The van der Waals surface area contributed by atoms with Crippen LogP contribution < -0.4 is 11.2 Å². The number of carbonyl (C=O) groups excluding carboxylic acids is 1. The van der Waals surface area contributed by atoms with E-state index in [-0.39, 0.29) is 18.2 Å². The van der Waals surface area contributed by atoms with Crippen LogP contribution in [0.25, 0.3) is 10.2 Å². The number of nitrogens with zero attached hydrogens (tertiary/aromatic N) is 1. The number of ether oxygens (including phenoxy) is 1. The van der Waals surface area contributed by atoms with Crippen LogP contribution in [0.4, 0.5) is 0 Å². The van der Waals surface area contributed by atoms with Crippen LogP contribution in [0.2, 0.25) is 0 Å². The Labute approximate surface area is 147 Å². The molecule has 0 amide bonds. The van der Waals surface area contributed by atoms with Crippen LogP contribution in [0.15, 0.2) is 39.9 Å². The summed E-state index contributed by atoms with van der Waals surface area (Å²) < 4.78 is 6.32. The predicted octanol–water partition coefficient (Wildman–Crippen LogP) is 2.67. The minimum absolute atomic E-state index is 0.0851. The van der Waals surface area contributed by atoms with Crippen molar-refractivity contribution in [2.24, 2.45) is 0 Å². The van der Waals surface area contributed by atoms with Crippen LogP contribution in [-0.2, 0) is 11.3 Å². The van der Waals surface area contributed by atoms with Gasteiger partial charge in [0, 0.05) is 4.88 Å². The van der Waals surface area contributed by atoms with E-state index < -0.39 is 11.7 Å². The molecule has 0 aliphatic carbocycles. The van der Waals surface area contributed by atoms with Crippen molar-refractivity contribution in [3.05, 3.63) is 67.2 Å². The van der Waals surface area contributed by atoms with Gasteiger partial charge in [-0.1, -0.05) is 12.1 Å². The van der Waals surface area contributed by atoms with E-state index in [0.29, 0.717) is 21.3 Å². The molecule has 0 fully saturated rings. The Balaban J connectivity index is 1.98. The molecule has 0 aliphatic rings. The quantitative estimate of drug-likeness (QED) is 0.727. The van der Waals surface area contributed by atoms with Crippen LogP contribution in [0.5, 0.6) is 0 Å². The molecule has 0 aliphatic heterocycles. The summed E-state index contributed by atoms with van der Waals surface area (Å²) in [6, 6.07) is 8.53. The van der Waals surface area contributed by atoms with Gasteiger partial charge in [-0.05, 0) is 44.5 Å². The number of H-pyrrole nitrogens is 1. The molecule has 25 heavy (non-hydrogen) atoms. The van der Waals surface area contributed by atoms with Crippen molar-refractivity contribution < 1.29 is 9.53 Å². The molecule has 0 saturated carbocycles. The van der Waals surface area contributed by atoms with Gasteiger partial charge < -0.3 is 4.74 Å². The molecule has 7 heteroatoms. The molecule has 0 unspecified atom stereocenters. The maximum atomic E-state index is 12.6. The molecule has 6 nitrogen and oxygen atoms in total. The first kappa shape index (κ1) is 17.2. The lowest BCUT2D eigenvalue weighted by molar-refractivity contribution is 0.0378. The van der Waals surface area contributed by atoms with E-state index in [1.165, 1.54) is 11.3 Å². The average Bonchev–Trinajstić information content (AvgIpc) is 2.91. The zero-order chi connectivity index (χ0) is 18.1. The highest BCUT2D eigenvalue weighted by molar-refractivity contribution is 7.18. The second-order valence-corrected chi connectivity index (χ2v) is 7.33. The van der Waals surface area contributed by atoms with E-state index >= 15 is 0 Å². The number of nitrogens with one attached hydrogen (secondary N) is 1. The van der Waals surface area contributed by atoms with Crippen molar-refractivity contribution >= 4 is 27.5 Å². The van der Waals surface area contributed by atoms with E-state index in [0.717, 1.165) is 9.44 Å². The highest BCUT2D eigenvalue weighted by atomic mass is 32.1. The van der Waals surface area contributed by atoms with Crippen LogP contribution in [0, 0.1) is 6.92 Å². The predicted molar refractivity (Wildman–Crippen MR) is 97.5 cm³/mol. The minimum Gasteiger partial charge on any atom is -0.459 e. The maximum absolute atomic E-state index is 12.6. The van der Waals surface area contributed by atoms with E-state index in [1.54, 1.807) is 44.2 Å². The molecule has 0 bridgehead atoms. The van der Waals surface area contributed by atoms with Crippen molar-refractivity contribution in [2.75, 3.05) is 0 Å². The number of benzene rings is 1. The molecule has 0 radical (unpaired) electrons. The van der Waals surface area contributed by atoms with Crippen LogP contribution in [0.1, 0.15) is 34.6 Å². The standard InChI is InChI=1S/C18H18N2O4S/c1-10(2)24-17(22)13-6-4-5-12(8-13)9-20-16(21)14-7-11(3)25-15(14)19-18(20)23/h4-8,10H,9H2,1-3H3,(H,19,23). The van der Waals surface area contributed by atoms with Gasteiger partial charge in [-0.3, -0.25) is 14.3 Å². The second kappa shape index (κ2) is 6.68. The summed E-state index contributed by atoms with van der Waals surface area (Å²) >= 11 is 1.38. The Bertz CT molecular complexity index is 1060. The molecule has 2 aromatic heterocycles. The summed E-state index contributed by atoms with van der Waals surface area (Å²) in [5.74, 6) is -0.429. The summed E-state index contributed by atoms with van der Waals surface area (Å²) in [7, 11) is 0. The van der Waals surface area contributed by atoms with Gasteiger partial charge in [-0.2, -0.15) is 0 Å². The number of hydrogen-bond acceptors (Lipinski definition) is 5. The van der Waals surface area contributed by atoms with Crippen LogP contribution >= 0.6 is 11.3 Å².